The van der Waals surface area contributed by atoms with Crippen molar-refractivity contribution in [3.63, 3.8) is 0 Å². The van der Waals surface area contributed by atoms with Crippen LogP contribution in [0.25, 0.3) is 0 Å². The second-order valence-electron chi connectivity index (χ2n) is 9.26. The average molecular weight is 531 g/mol. The third-order valence-corrected chi connectivity index (χ3v) is 7.00. The van der Waals surface area contributed by atoms with E-state index in [-0.39, 0.29) is 13.0 Å². The number of aliphatic hydroxyl groups is 1. The van der Waals surface area contributed by atoms with Gasteiger partial charge in [-0.25, -0.2) is 4.79 Å². The predicted octanol–water partition coefficient (Wildman–Crippen LogP) is 3.21. The summed E-state index contributed by atoms with van der Waals surface area (Å²) in [6.07, 6.45) is -0.831. The van der Waals surface area contributed by atoms with Gasteiger partial charge in [0, 0.05) is 18.7 Å². The molecule has 202 valence electrons. The second kappa shape index (κ2) is 11.3. The van der Waals surface area contributed by atoms with E-state index < -0.39 is 35.3 Å². The van der Waals surface area contributed by atoms with Crippen LogP contribution in [-0.4, -0.2) is 47.7 Å². The zero-order chi connectivity index (χ0) is 27.4. The van der Waals surface area contributed by atoms with E-state index in [0.29, 0.717) is 11.5 Å². The van der Waals surface area contributed by atoms with E-state index in [4.69, 9.17) is 18.9 Å². The zero-order valence-electron chi connectivity index (χ0n) is 21.7. The van der Waals surface area contributed by atoms with Crippen molar-refractivity contribution in [2.45, 2.75) is 30.5 Å². The highest BCUT2D eigenvalue weighted by atomic mass is 16.6. The van der Waals surface area contributed by atoms with E-state index in [9.17, 15) is 14.7 Å². The molecular weight excluding hydrogens is 500 g/mol. The van der Waals surface area contributed by atoms with Gasteiger partial charge in [0.1, 0.15) is 29.4 Å². The smallest absolute Gasteiger partial charge is 0.330 e. The molecule has 5 rings (SSSR count). The average Bonchev–Trinajstić information content (AvgIpc) is 3.34. The summed E-state index contributed by atoms with van der Waals surface area (Å²) in [5.74, 6) is 1.42. The number of benzene rings is 3. The molecule has 1 aliphatic rings. The number of nitrogens with one attached hydrogen (secondary N) is 1. The number of hydrogen-bond acceptors (Lipinski definition) is 7. The number of aromatic nitrogens is 2. The lowest BCUT2D eigenvalue weighted by Gasteiger charge is -2.37. The number of methoxy groups -OCH3 is 2. The molecular formula is C30H30N2O7. The number of nitrogens with zero attached hydrogens (tertiary/aromatic N) is 1. The van der Waals surface area contributed by atoms with Gasteiger partial charge < -0.3 is 24.1 Å². The standard InChI is InChI=1S/C30H30N2O7/c1-36-23-12-8-21(9-13-23)30(20-6-4-3-5-7-20,22-10-14-24(37-2)15-11-22)38-19-26-25(33)18-28(39-26)32-17-16-27(34)31-29(32)35/h3-17,25-26,28,33H,18-19H2,1-2H3,(H,31,34,35). The number of rotatable bonds is 9. The van der Waals surface area contributed by atoms with Gasteiger partial charge in [0.2, 0.25) is 0 Å². The Hall–Kier alpha value is -4.18. The fourth-order valence-corrected chi connectivity index (χ4v) is 4.97. The van der Waals surface area contributed by atoms with Crippen molar-refractivity contribution in [3.8, 4) is 11.5 Å². The van der Waals surface area contributed by atoms with E-state index in [0.717, 1.165) is 16.7 Å². The monoisotopic (exact) mass is 530 g/mol. The van der Waals surface area contributed by atoms with E-state index >= 15 is 0 Å². The summed E-state index contributed by atoms with van der Waals surface area (Å²) in [6, 6.07) is 26.3. The van der Waals surface area contributed by atoms with Crippen LogP contribution in [0.4, 0.5) is 0 Å². The molecule has 0 amide bonds. The Kier molecular flexibility index (Phi) is 7.65. The van der Waals surface area contributed by atoms with Crippen LogP contribution in [0.15, 0.2) is 101 Å². The van der Waals surface area contributed by atoms with Gasteiger partial charge in [0.25, 0.3) is 5.56 Å². The molecule has 3 atom stereocenters. The quantitative estimate of drug-likeness (QED) is 0.320. The molecule has 0 radical (unpaired) electrons. The highest BCUT2D eigenvalue weighted by Gasteiger charge is 2.42. The Morgan fingerprint density at radius 3 is 1.97 bits per heavy atom. The molecule has 3 unspecified atom stereocenters. The van der Waals surface area contributed by atoms with Crippen LogP contribution in [0.3, 0.4) is 0 Å². The normalized spacial score (nSPS) is 19.1. The number of hydrogen-bond donors (Lipinski definition) is 2. The van der Waals surface area contributed by atoms with Gasteiger partial charge >= 0.3 is 5.69 Å². The largest absolute Gasteiger partial charge is 0.497 e. The molecule has 0 saturated carbocycles. The van der Waals surface area contributed by atoms with Crippen molar-refractivity contribution >= 4 is 0 Å². The minimum Gasteiger partial charge on any atom is -0.497 e. The van der Waals surface area contributed by atoms with Gasteiger partial charge in [0.05, 0.1) is 26.9 Å². The first-order valence-corrected chi connectivity index (χ1v) is 12.6. The predicted molar refractivity (Wildman–Crippen MR) is 144 cm³/mol. The minimum absolute atomic E-state index is 0.0166. The Bertz CT molecular complexity index is 1450. The second-order valence-corrected chi connectivity index (χ2v) is 9.26. The lowest BCUT2D eigenvalue weighted by molar-refractivity contribution is -0.0944. The fourth-order valence-electron chi connectivity index (χ4n) is 4.97. The lowest BCUT2D eigenvalue weighted by Crippen LogP contribution is -2.38. The number of H-pyrrole nitrogens is 1. The SMILES string of the molecule is COc1ccc(C(OCC2OC(n3ccc(=O)[nH]c3=O)CC2O)(c2ccccc2)c2ccc(OC)cc2)cc1. The van der Waals surface area contributed by atoms with Gasteiger partial charge in [-0.1, -0.05) is 54.6 Å². The molecule has 1 fully saturated rings. The minimum atomic E-state index is -1.07. The van der Waals surface area contributed by atoms with E-state index in [1.807, 2.05) is 78.9 Å². The summed E-state index contributed by atoms with van der Waals surface area (Å²) in [5.41, 5.74) is 0.399. The van der Waals surface area contributed by atoms with Gasteiger partial charge in [0.15, 0.2) is 0 Å². The van der Waals surface area contributed by atoms with Gasteiger partial charge in [-0.05, 0) is 41.0 Å². The van der Waals surface area contributed by atoms with Gasteiger partial charge in [-0.3, -0.25) is 14.3 Å². The molecule has 2 N–H and O–H groups in total. The number of ether oxygens (including phenoxy) is 4. The molecule has 0 spiro atoms. The third-order valence-electron chi connectivity index (χ3n) is 7.00. The summed E-state index contributed by atoms with van der Waals surface area (Å²) in [7, 11) is 3.23. The molecule has 0 aliphatic carbocycles. The summed E-state index contributed by atoms with van der Waals surface area (Å²) >= 11 is 0. The summed E-state index contributed by atoms with van der Waals surface area (Å²) in [6.45, 7) is 0.0166. The van der Waals surface area contributed by atoms with Crippen molar-refractivity contribution in [2.75, 3.05) is 20.8 Å². The number of aliphatic hydroxyl groups excluding tert-OH is 1. The third kappa shape index (κ3) is 5.24. The van der Waals surface area contributed by atoms with E-state index in [1.165, 1.54) is 16.8 Å². The molecule has 2 heterocycles. The van der Waals surface area contributed by atoms with Crippen LogP contribution in [-0.2, 0) is 15.1 Å². The van der Waals surface area contributed by atoms with Gasteiger partial charge in [-0.2, -0.15) is 0 Å². The summed E-state index contributed by atoms with van der Waals surface area (Å²) in [4.78, 5) is 26.0. The Morgan fingerprint density at radius 1 is 0.872 bits per heavy atom. The molecule has 39 heavy (non-hydrogen) atoms. The van der Waals surface area contributed by atoms with Crippen molar-refractivity contribution in [3.05, 3.63) is 129 Å². The fraction of sp³-hybridized carbons (Fsp3) is 0.267. The van der Waals surface area contributed by atoms with Crippen molar-refractivity contribution in [2.24, 2.45) is 0 Å². The van der Waals surface area contributed by atoms with Gasteiger partial charge in [-0.15, -0.1) is 0 Å². The molecule has 1 aliphatic heterocycles. The van der Waals surface area contributed by atoms with Crippen LogP contribution in [0, 0.1) is 0 Å². The lowest BCUT2D eigenvalue weighted by atomic mass is 9.80. The Morgan fingerprint density at radius 2 is 1.44 bits per heavy atom. The molecule has 0 bridgehead atoms. The first-order chi connectivity index (χ1) is 18.9. The zero-order valence-corrected chi connectivity index (χ0v) is 21.7. The highest BCUT2D eigenvalue weighted by molar-refractivity contribution is 5.49. The maximum atomic E-state index is 12.3. The summed E-state index contributed by atoms with van der Waals surface area (Å²) < 4.78 is 24.9. The molecule has 9 nitrogen and oxygen atoms in total. The summed E-state index contributed by atoms with van der Waals surface area (Å²) in [5, 5.41) is 10.9. The maximum Gasteiger partial charge on any atom is 0.330 e. The van der Waals surface area contributed by atoms with E-state index in [1.54, 1.807) is 14.2 Å². The van der Waals surface area contributed by atoms with Crippen LogP contribution in [0.1, 0.15) is 29.3 Å². The first kappa shape index (κ1) is 26.4. The van der Waals surface area contributed by atoms with Crippen LogP contribution in [0.5, 0.6) is 11.5 Å². The molecule has 1 aromatic heterocycles. The molecule has 1 saturated heterocycles. The van der Waals surface area contributed by atoms with Crippen molar-refractivity contribution in [1.29, 1.82) is 0 Å². The maximum absolute atomic E-state index is 12.3. The Balaban J connectivity index is 1.54. The number of aromatic amines is 1. The van der Waals surface area contributed by atoms with Crippen molar-refractivity contribution in [1.82, 2.24) is 9.55 Å². The van der Waals surface area contributed by atoms with Crippen LogP contribution in [0.2, 0.25) is 0 Å². The first-order valence-electron chi connectivity index (χ1n) is 12.6. The van der Waals surface area contributed by atoms with Crippen LogP contribution < -0.4 is 20.7 Å². The van der Waals surface area contributed by atoms with E-state index in [2.05, 4.69) is 4.98 Å². The Labute approximate surface area is 225 Å². The molecule has 3 aromatic carbocycles. The topological polar surface area (TPSA) is 112 Å². The molecule has 9 heteroatoms. The highest BCUT2D eigenvalue weighted by Crippen LogP contribution is 2.42. The molecule has 4 aromatic rings. The van der Waals surface area contributed by atoms with Crippen LogP contribution >= 0.6 is 0 Å². The van der Waals surface area contributed by atoms with Crippen molar-refractivity contribution < 1.29 is 24.1 Å².